The van der Waals surface area contributed by atoms with Crippen molar-refractivity contribution in [3.05, 3.63) is 0 Å². The van der Waals surface area contributed by atoms with Gasteiger partial charge in [-0.25, -0.2) is 0 Å². The van der Waals surface area contributed by atoms with Crippen LogP contribution in [0.25, 0.3) is 0 Å². The van der Waals surface area contributed by atoms with E-state index < -0.39 is 17.7 Å². The number of aliphatic hydroxyl groups is 1. The number of carbonyl (C=O) groups excluding carboxylic acids is 2. The van der Waals surface area contributed by atoms with Crippen LogP contribution in [0.15, 0.2) is 0 Å². The molecule has 2 unspecified atom stereocenters. The fraction of sp³-hybridized carbons (Fsp3) is 0.867. The maximum absolute atomic E-state index is 12.6. The smallest absolute Gasteiger partial charge is 0.248 e. The van der Waals surface area contributed by atoms with E-state index in [1.807, 2.05) is 0 Å². The molecule has 3 aliphatic rings. The minimum absolute atomic E-state index is 0.0229. The van der Waals surface area contributed by atoms with Gasteiger partial charge in [0.1, 0.15) is 11.6 Å². The van der Waals surface area contributed by atoms with Crippen molar-refractivity contribution < 1.29 is 14.7 Å². The summed E-state index contributed by atoms with van der Waals surface area (Å²) < 4.78 is 0. The number of aliphatic hydroxyl groups excluding tert-OH is 1. The van der Waals surface area contributed by atoms with E-state index >= 15 is 0 Å². The summed E-state index contributed by atoms with van der Waals surface area (Å²) in [7, 11) is 0. The minimum Gasteiger partial charge on any atom is -0.391 e. The Kier molecular flexibility index (Phi) is 3.69. The van der Waals surface area contributed by atoms with Gasteiger partial charge in [0.2, 0.25) is 11.8 Å². The number of hydrogen-bond acceptors (Lipinski definition) is 4. The number of rotatable bonds is 3. The zero-order valence-corrected chi connectivity index (χ0v) is 12.8. The van der Waals surface area contributed by atoms with Crippen molar-refractivity contribution in [3.63, 3.8) is 0 Å². The van der Waals surface area contributed by atoms with E-state index in [-0.39, 0.29) is 11.8 Å². The van der Waals surface area contributed by atoms with Crippen LogP contribution in [0.5, 0.6) is 0 Å². The average Bonchev–Trinajstić information content (AvgIpc) is 3.08. The zero-order valence-electron chi connectivity index (χ0n) is 12.8. The number of nitrogens with one attached hydrogen (secondary N) is 1. The summed E-state index contributed by atoms with van der Waals surface area (Å²) in [6.07, 6.45) is 3.00. The molecular weight excluding hydrogens is 270 g/mol. The third-order valence-corrected chi connectivity index (χ3v) is 5.10. The maximum atomic E-state index is 12.6. The fourth-order valence-electron chi connectivity index (χ4n) is 3.94. The summed E-state index contributed by atoms with van der Waals surface area (Å²) in [5.74, 6) is -0.123. The molecule has 0 bridgehead atoms. The largest absolute Gasteiger partial charge is 0.391 e. The zero-order chi connectivity index (χ0) is 15.2. The highest BCUT2D eigenvalue weighted by atomic mass is 16.3. The second-order valence-corrected chi connectivity index (χ2v) is 6.82. The molecule has 4 atom stereocenters. The van der Waals surface area contributed by atoms with Gasteiger partial charge in [-0.3, -0.25) is 14.9 Å². The number of carbonyl (C=O) groups is 2. The van der Waals surface area contributed by atoms with Gasteiger partial charge in [0.05, 0.1) is 6.10 Å². The first-order valence-corrected chi connectivity index (χ1v) is 8.00. The van der Waals surface area contributed by atoms with E-state index in [4.69, 9.17) is 0 Å². The van der Waals surface area contributed by atoms with Gasteiger partial charge < -0.3 is 14.9 Å². The lowest BCUT2D eigenvalue weighted by atomic mass is 9.84. The van der Waals surface area contributed by atoms with E-state index in [9.17, 15) is 14.7 Å². The van der Waals surface area contributed by atoms with Crippen LogP contribution in [-0.4, -0.2) is 70.1 Å². The van der Waals surface area contributed by atoms with E-state index in [0.29, 0.717) is 12.6 Å². The summed E-state index contributed by atoms with van der Waals surface area (Å²) in [4.78, 5) is 28.5. The molecule has 3 heterocycles. The predicted molar refractivity (Wildman–Crippen MR) is 77.6 cm³/mol. The topological polar surface area (TPSA) is 72.9 Å². The Balaban J connectivity index is 1.71. The Bertz CT molecular complexity index is 447. The number of amides is 2. The molecule has 0 saturated carbocycles. The third-order valence-electron chi connectivity index (χ3n) is 5.10. The lowest BCUT2D eigenvalue weighted by molar-refractivity contribution is -0.167. The van der Waals surface area contributed by atoms with Crippen LogP contribution in [0.2, 0.25) is 0 Å². The standard InChI is InChI=1S/C15H25N3O3/c1-10-5-6-15(16-10)9-18(14(15)21)12(11(2)19)13(20)17-7-3-4-8-17/h10-12,16,19H,3-9H2,1-2H3/t10?,11-,12+,15?/m1/s1. The molecule has 3 rings (SSSR count). The molecule has 3 aliphatic heterocycles. The normalized spacial score (nSPS) is 35.2. The first-order valence-electron chi connectivity index (χ1n) is 8.00. The summed E-state index contributed by atoms with van der Waals surface area (Å²) in [6.45, 7) is 5.69. The minimum atomic E-state index is -0.835. The highest BCUT2D eigenvalue weighted by molar-refractivity contribution is 5.97. The Hall–Kier alpha value is -1.14. The van der Waals surface area contributed by atoms with Gasteiger partial charge in [-0.15, -0.1) is 0 Å². The van der Waals surface area contributed by atoms with Crippen LogP contribution in [0.4, 0.5) is 0 Å². The maximum Gasteiger partial charge on any atom is 0.248 e. The molecule has 118 valence electrons. The lowest BCUT2D eigenvalue weighted by Crippen LogP contribution is -2.76. The monoisotopic (exact) mass is 295 g/mol. The molecule has 0 aromatic heterocycles. The van der Waals surface area contributed by atoms with Crippen molar-refractivity contribution in [2.45, 2.75) is 63.3 Å². The van der Waals surface area contributed by atoms with Crippen LogP contribution in [0.1, 0.15) is 39.5 Å². The van der Waals surface area contributed by atoms with Gasteiger partial charge in [-0.1, -0.05) is 0 Å². The predicted octanol–water partition coefficient (Wildman–Crippen LogP) is -0.289. The lowest BCUT2D eigenvalue weighted by Gasteiger charge is -2.51. The quantitative estimate of drug-likeness (QED) is 0.702. The summed E-state index contributed by atoms with van der Waals surface area (Å²) in [6, 6.07) is -0.380. The third kappa shape index (κ3) is 2.34. The van der Waals surface area contributed by atoms with Crippen LogP contribution < -0.4 is 5.32 Å². The molecule has 0 aromatic rings. The van der Waals surface area contributed by atoms with Crippen molar-refractivity contribution in [1.82, 2.24) is 15.1 Å². The second-order valence-electron chi connectivity index (χ2n) is 6.82. The van der Waals surface area contributed by atoms with Crippen molar-refractivity contribution in [2.75, 3.05) is 19.6 Å². The first-order chi connectivity index (χ1) is 9.94. The van der Waals surface area contributed by atoms with E-state index in [1.165, 1.54) is 0 Å². The first kappa shape index (κ1) is 14.8. The molecule has 2 N–H and O–H groups in total. The summed E-state index contributed by atoms with van der Waals surface area (Å²) in [5.41, 5.74) is -0.474. The van der Waals surface area contributed by atoms with Crippen molar-refractivity contribution in [2.24, 2.45) is 0 Å². The second kappa shape index (κ2) is 5.25. The molecule has 0 radical (unpaired) electrons. The highest BCUT2D eigenvalue weighted by Crippen LogP contribution is 2.36. The fourth-order valence-corrected chi connectivity index (χ4v) is 3.94. The summed E-state index contributed by atoms with van der Waals surface area (Å²) >= 11 is 0. The van der Waals surface area contributed by atoms with E-state index in [2.05, 4.69) is 12.2 Å². The molecule has 6 nitrogen and oxygen atoms in total. The molecule has 6 heteroatoms. The van der Waals surface area contributed by atoms with Gasteiger partial charge in [0, 0.05) is 25.7 Å². The van der Waals surface area contributed by atoms with Crippen LogP contribution >= 0.6 is 0 Å². The summed E-state index contributed by atoms with van der Waals surface area (Å²) in [5, 5.41) is 13.4. The van der Waals surface area contributed by atoms with Crippen LogP contribution in [0.3, 0.4) is 0 Å². The average molecular weight is 295 g/mol. The van der Waals surface area contributed by atoms with Gasteiger partial charge in [-0.2, -0.15) is 0 Å². The Morgan fingerprint density at radius 3 is 2.57 bits per heavy atom. The molecule has 2 amide bonds. The molecule has 1 spiro atoms. The number of nitrogens with zero attached hydrogens (tertiary/aromatic N) is 2. The van der Waals surface area contributed by atoms with Crippen LogP contribution in [0, 0.1) is 0 Å². The Morgan fingerprint density at radius 2 is 2.10 bits per heavy atom. The Labute approximate surface area is 125 Å². The van der Waals surface area contributed by atoms with Crippen molar-refractivity contribution in [3.8, 4) is 0 Å². The van der Waals surface area contributed by atoms with Gasteiger partial charge in [0.25, 0.3) is 0 Å². The molecule has 3 fully saturated rings. The van der Waals surface area contributed by atoms with Gasteiger partial charge >= 0.3 is 0 Å². The molecule has 21 heavy (non-hydrogen) atoms. The molecular formula is C15H25N3O3. The number of hydrogen-bond donors (Lipinski definition) is 2. The molecule has 0 aliphatic carbocycles. The number of β-lactam (4-membered cyclic amide) rings is 1. The van der Waals surface area contributed by atoms with Crippen molar-refractivity contribution in [1.29, 1.82) is 0 Å². The highest BCUT2D eigenvalue weighted by Gasteiger charge is 2.58. The van der Waals surface area contributed by atoms with Gasteiger partial charge in [-0.05, 0) is 39.5 Å². The Morgan fingerprint density at radius 1 is 1.43 bits per heavy atom. The number of likely N-dealkylation sites (tertiary alicyclic amines) is 2. The van der Waals surface area contributed by atoms with Crippen LogP contribution in [-0.2, 0) is 9.59 Å². The van der Waals surface area contributed by atoms with E-state index in [1.54, 1.807) is 16.7 Å². The van der Waals surface area contributed by atoms with Gasteiger partial charge in [0.15, 0.2) is 0 Å². The SMILES string of the molecule is CC1CCC2(CN([C@H](C(=O)N3CCCC3)[C@@H](C)O)C2=O)N1. The van der Waals surface area contributed by atoms with Crippen molar-refractivity contribution >= 4 is 11.8 Å². The molecule has 3 saturated heterocycles. The molecule has 0 aromatic carbocycles. The van der Waals surface area contributed by atoms with E-state index in [0.717, 1.165) is 38.8 Å².